The minimum absolute atomic E-state index is 0.594. The number of nitrogens with zero attached hydrogens (tertiary/aromatic N) is 6. The van der Waals surface area contributed by atoms with E-state index < -0.39 is 0 Å². The van der Waals surface area contributed by atoms with Crippen LogP contribution < -0.4 is 10.4 Å². The van der Waals surface area contributed by atoms with Crippen LogP contribution in [0.5, 0.6) is 0 Å². The van der Waals surface area contributed by atoms with Crippen molar-refractivity contribution in [1.29, 1.82) is 0 Å². The highest BCUT2D eigenvalue weighted by molar-refractivity contribution is 6.31. The minimum atomic E-state index is 0.594. The molecule has 7 aromatic carbocycles. The quantitative estimate of drug-likeness (QED) is 0.174. The third-order valence-corrected chi connectivity index (χ3v) is 10.1. The second kappa shape index (κ2) is 13.3. The molecule has 3 heterocycles. The van der Waals surface area contributed by atoms with E-state index in [1.54, 1.807) is 0 Å². The lowest BCUT2D eigenvalue weighted by Gasteiger charge is -2.44. The van der Waals surface area contributed by atoms with Crippen LogP contribution in [0.1, 0.15) is 22.3 Å². The average Bonchev–Trinajstić information content (AvgIpc) is 3.27. The van der Waals surface area contributed by atoms with Gasteiger partial charge < -0.3 is 0 Å². The van der Waals surface area contributed by atoms with E-state index in [2.05, 4.69) is 210 Å². The first-order valence-corrected chi connectivity index (χ1v) is 18.0. The van der Waals surface area contributed by atoms with Gasteiger partial charge in [-0.1, -0.05) is 188 Å². The molecule has 0 unspecified atom stereocenters. The molecule has 0 aliphatic carbocycles. The summed E-state index contributed by atoms with van der Waals surface area (Å²) >= 11 is 0. The minimum Gasteiger partial charge on any atom is -0.228 e. The van der Waals surface area contributed by atoms with Gasteiger partial charge in [-0.15, -0.1) is 10.2 Å². The van der Waals surface area contributed by atoms with Crippen molar-refractivity contribution in [3.63, 3.8) is 0 Å². The number of rotatable bonds is 6. The van der Waals surface area contributed by atoms with Gasteiger partial charge >= 0.3 is 0 Å². The summed E-state index contributed by atoms with van der Waals surface area (Å²) in [5.41, 5.74) is 13.9. The average molecular weight is 693 g/mol. The Balaban J connectivity index is 1.52. The Labute approximate surface area is 313 Å². The van der Waals surface area contributed by atoms with Crippen LogP contribution in [0, 0.1) is 0 Å². The summed E-state index contributed by atoms with van der Waals surface area (Å²) in [7, 11) is 0. The Hall–Kier alpha value is -7.44. The third kappa shape index (κ3) is 5.12. The van der Waals surface area contributed by atoms with E-state index in [0.29, 0.717) is 5.82 Å². The molecule has 0 aromatic heterocycles. The van der Waals surface area contributed by atoms with Crippen LogP contribution in [-0.4, -0.2) is 10.1 Å². The molecule has 7 aromatic rings. The van der Waals surface area contributed by atoms with Gasteiger partial charge in [0.25, 0.3) is 0 Å². The fourth-order valence-corrected chi connectivity index (χ4v) is 7.93. The van der Waals surface area contributed by atoms with Crippen molar-refractivity contribution in [2.24, 2.45) is 20.8 Å². The first-order chi connectivity index (χ1) is 26.9. The van der Waals surface area contributed by atoms with Crippen LogP contribution in [0.15, 0.2) is 215 Å². The molecule has 6 heteroatoms. The molecule has 3 aliphatic rings. The molecule has 0 bridgehead atoms. The molecule has 0 amide bonds. The summed E-state index contributed by atoms with van der Waals surface area (Å²) in [5, 5.41) is 23.8. The molecular formula is C48H32N6. The summed E-state index contributed by atoms with van der Waals surface area (Å²) in [6.45, 7) is 0. The normalized spacial score (nSPS) is 14.6. The van der Waals surface area contributed by atoms with Crippen molar-refractivity contribution < 1.29 is 0 Å². The maximum Gasteiger partial charge on any atom is 0.206 e. The molecule has 0 saturated carbocycles. The Kier molecular flexibility index (Phi) is 7.69. The van der Waals surface area contributed by atoms with Gasteiger partial charge in [0.05, 0.1) is 11.4 Å². The smallest absolute Gasteiger partial charge is 0.206 e. The second-order valence-corrected chi connectivity index (χ2v) is 13.2. The van der Waals surface area contributed by atoms with Gasteiger partial charge in [-0.3, -0.25) is 0 Å². The second-order valence-electron chi connectivity index (χ2n) is 13.2. The summed E-state index contributed by atoms with van der Waals surface area (Å²) in [6, 6.07) is 68.4. The zero-order valence-corrected chi connectivity index (χ0v) is 29.2. The van der Waals surface area contributed by atoms with Crippen molar-refractivity contribution in [2.75, 3.05) is 0 Å². The van der Waals surface area contributed by atoms with Gasteiger partial charge in [-0.2, -0.15) is 0 Å². The maximum atomic E-state index is 4.76. The summed E-state index contributed by atoms with van der Waals surface area (Å²) in [6.07, 6.45) is 0. The van der Waals surface area contributed by atoms with Crippen LogP contribution in [0.4, 0.5) is 0 Å². The lowest BCUT2D eigenvalue weighted by molar-refractivity contribution is 0.151. The molecule has 254 valence electrons. The predicted octanol–water partition coefficient (Wildman–Crippen LogP) is 10.7. The first-order valence-electron chi connectivity index (χ1n) is 18.0. The third-order valence-electron chi connectivity index (χ3n) is 10.1. The van der Waals surface area contributed by atoms with Crippen molar-refractivity contribution in [1.82, 2.24) is 10.1 Å². The van der Waals surface area contributed by atoms with Crippen LogP contribution in [-0.2, 0) is 0 Å². The molecule has 0 N–H and O–H groups in total. The van der Waals surface area contributed by atoms with E-state index in [4.69, 9.17) is 10.3 Å². The van der Waals surface area contributed by atoms with Crippen LogP contribution in [0.25, 0.3) is 56.2 Å². The molecule has 0 saturated heterocycles. The number of hydrogen-bond acceptors (Lipinski definition) is 6. The lowest BCUT2D eigenvalue weighted by atomic mass is 9.78. The maximum absolute atomic E-state index is 4.76. The number of hydrogen-bond donors (Lipinski definition) is 0. The number of fused-ring (bicyclic) bond motifs is 4. The van der Waals surface area contributed by atoms with Gasteiger partial charge in [0.15, 0.2) is 0 Å². The summed E-state index contributed by atoms with van der Waals surface area (Å²) in [5.74, 6) is 0.594. The predicted molar refractivity (Wildman–Crippen MR) is 216 cm³/mol. The highest BCUT2D eigenvalue weighted by atomic mass is 15.9. The monoisotopic (exact) mass is 692 g/mol. The van der Waals surface area contributed by atoms with Gasteiger partial charge in [0.2, 0.25) is 5.82 Å². The van der Waals surface area contributed by atoms with Crippen molar-refractivity contribution >= 4 is 33.9 Å². The standard InChI is InChI=1S/C48H32N6/c1-7-19-33(20-8-1)39-31-32-40-45(41(39)34-21-9-2-10-22-34)47-44(37-27-15-5-16-28-37)42(35-23-11-3-12-24-35)43(36-25-13-4-14-26-36)46(38-29-17-6-18-30-38)53(47)54-48(40)49-50-51-52-54/h1-32H. The fourth-order valence-electron chi connectivity index (χ4n) is 7.93. The molecular weight excluding hydrogens is 661 g/mol. The molecule has 0 radical (unpaired) electrons. The highest BCUT2D eigenvalue weighted by Gasteiger charge is 2.42. The fraction of sp³-hybridized carbons (Fsp3) is 0. The SMILES string of the molecule is c1ccc(C2=C(c3ccccc3)C3=c4c(-c5ccccc5)c(-c5ccccc5)ccc4=C4N=NN=NN4N3C(c3ccccc3)=C2c2ccccc2)cc1. The van der Waals surface area contributed by atoms with E-state index in [-0.39, 0.29) is 0 Å². The molecule has 3 aliphatic heterocycles. The molecule has 0 fully saturated rings. The van der Waals surface area contributed by atoms with Gasteiger partial charge in [0, 0.05) is 32.7 Å². The summed E-state index contributed by atoms with van der Waals surface area (Å²) in [4.78, 5) is 0. The number of hydrazine groups is 1. The Bertz CT molecular complexity index is 2780. The van der Waals surface area contributed by atoms with Gasteiger partial charge in [-0.25, -0.2) is 5.01 Å². The van der Waals surface area contributed by atoms with Crippen LogP contribution in [0.3, 0.4) is 0 Å². The van der Waals surface area contributed by atoms with Gasteiger partial charge in [0.1, 0.15) is 0 Å². The zero-order valence-electron chi connectivity index (χ0n) is 29.2. The largest absolute Gasteiger partial charge is 0.228 e. The van der Waals surface area contributed by atoms with E-state index >= 15 is 0 Å². The van der Waals surface area contributed by atoms with Crippen LogP contribution in [0.2, 0.25) is 0 Å². The molecule has 0 atom stereocenters. The topological polar surface area (TPSA) is 55.9 Å². The molecule has 6 nitrogen and oxygen atoms in total. The zero-order chi connectivity index (χ0) is 35.8. The number of allylic oxidation sites excluding steroid dienone is 2. The lowest BCUT2D eigenvalue weighted by Crippen LogP contribution is -2.51. The van der Waals surface area contributed by atoms with E-state index in [9.17, 15) is 0 Å². The molecule has 10 rings (SSSR count). The van der Waals surface area contributed by atoms with Crippen molar-refractivity contribution in [3.05, 3.63) is 227 Å². The van der Waals surface area contributed by atoms with Gasteiger partial charge in [-0.05, 0) is 60.7 Å². The Morgan fingerprint density at radius 3 is 1.37 bits per heavy atom. The highest BCUT2D eigenvalue weighted by Crippen LogP contribution is 2.53. The van der Waals surface area contributed by atoms with Crippen molar-refractivity contribution in [3.8, 4) is 22.3 Å². The van der Waals surface area contributed by atoms with Crippen LogP contribution >= 0.6 is 0 Å². The summed E-state index contributed by atoms with van der Waals surface area (Å²) < 4.78 is 0. The van der Waals surface area contributed by atoms with E-state index in [0.717, 1.165) is 83.1 Å². The molecule has 0 spiro atoms. The van der Waals surface area contributed by atoms with Crippen molar-refractivity contribution in [2.45, 2.75) is 0 Å². The number of benzene rings is 7. The first kappa shape index (κ1) is 31.3. The van der Waals surface area contributed by atoms with E-state index in [1.807, 2.05) is 5.12 Å². The van der Waals surface area contributed by atoms with E-state index in [1.165, 1.54) is 0 Å². The molecule has 54 heavy (non-hydrogen) atoms. The Morgan fingerprint density at radius 2 is 0.815 bits per heavy atom. The Morgan fingerprint density at radius 1 is 0.352 bits per heavy atom.